The van der Waals surface area contributed by atoms with Gasteiger partial charge in [-0.3, -0.25) is 9.78 Å². The van der Waals surface area contributed by atoms with Crippen molar-refractivity contribution in [3.63, 3.8) is 0 Å². The minimum Gasteiger partial charge on any atom is -0.397 e. The van der Waals surface area contributed by atoms with E-state index >= 15 is 0 Å². The van der Waals surface area contributed by atoms with Gasteiger partial charge in [0.2, 0.25) is 0 Å². The molecule has 0 aliphatic heterocycles. The van der Waals surface area contributed by atoms with Crippen LogP contribution in [-0.4, -0.2) is 10.9 Å². The monoisotopic (exact) mass is 365 g/mol. The van der Waals surface area contributed by atoms with Crippen LogP contribution >= 0.6 is 27.3 Å². The fraction of sp³-hybridized carbons (Fsp3) is 0. The molecule has 0 aliphatic rings. The highest BCUT2D eigenvalue weighted by molar-refractivity contribution is 9.10. The van der Waals surface area contributed by atoms with Gasteiger partial charge in [0, 0.05) is 23.5 Å². The number of carbonyl (C=O) groups excluding carboxylic acids is 1. The van der Waals surface area contributed by atoms with Crippen LogP contribution in [0.3, 0.4) is 0 Å². The molecular formula is C14H9BrFN3OS. The first kappa shape index (κ1) is 14.0. The average molecular weight is 366 g/mol. The molecule has 2 aromatic heterocycles. The number of anilines is 2. The van der Waals surface area contributed by atoms with Crippen molar-refractivity contribution in [3.8, 4) is 0 Å². The van der Waals surface area contributed by atoms with Gasteiger partial charge in [-0.2, -0.15) is 0 Å². The fourth-order valence-electron chi connectivity index (χ4n) is 1.90. The highest BCUT2D eigenvalue weighted by Crippen LogP contribution is 2.33. The lowest BCUT2D eigenvalue weighted by molar-refractivity contribution is 0.103. The Bertz CT molecular complexity index is 849. The van der Waals surface area contributed by atoms with Crippen LogP contribution in [0.25, 0.3) is 10.1 Å². The first-order chi connectivity index (χ1) is 10.1. The Morgan fingerprint density at radius 1 is 1.38 bits per heavy atom. The number of nitrogens with two attached hydrogens (primary N) is 1. The van der Waals surface area contributed by atoms with E-state index in [0.717, 1.165) is 10.1 Å². The molecule has 0 radical (unpaired) electrons. The van der Waals surface area contributed by atoms with E-state index in [1.54, 1.807) is 18.5 Å². The second-order valence-corrected chi connectivity index (χ2v) is 6.21. The number of rotatable bonds is 2. The predicted octanol–water partition coefficient (Wildman–Crippen LogP) is 4.03. The molecule has 3 aromatic rings. The Hall–Kier alpha value is -1.99. The van der Waals surface area contributed by atoms with Gasteiger partial charge in [0.25, 0.3) is 5.91 Å². The smallest absolute Gasteiger partial charge is 0.267 e. The normalized spacial score (nSPS) is 10.8. The number of hydrogen-bond acceptors (Lipinski definition) is 4. The van der Waals surface area contributed by atoms with E-state index in [0.29, 0.717) is 16.3 Å². The summed E-state index contributed by atoms with van der Waals surface area (Å²) in [5, 5.41) is 3.51. The molecule has 0 spiro atoms. The number of amides is 1. The summed E-state index contributed by atoms with van der Waals surface area (Å²) in [7, 11) is 0. The van der Waals surface area contributed by atoms with Gasteiger partial charge in [0.15, 0.2) is 0 Å². The standard InChI is InChI=1S/C14H9BrFN3OS/c15-9-5-7(1-2-10(9)16)19-14(20)13-12(17)8-3-4-18-6-11(8)21-13/h1-6H,17H2,(H,19,20). The van der Waals surface area contributed by atoms with Crippen molar-refractivity contribution in [3.05, 3.63) is 51.8 Å². The number of benzene rings is 1. The highest BCUT2D eigenvalue weighted by atomic mass is 79.9. The zero-order valence-corrected chi connectivity index (χ0v) is 13.0. The maximum atomic E-state index is 13.2. The molecule has 4 nitrogen and oxygen atoms in total. The zero-order chi connectivity index (χ0) is 15.0. The van der Waals surface area contributed by atoms with Crippen LogP contribution in [-0.2, 0) is 0 Å². The van der Waals surface area contributed by atoms with Gasteiger partial charge in [-0.25, -0.2) is 4.39 Å². The van der Waals surface area contributed by atoms with E-state index in [-0.39, 0.29) is 16.2 Å². The Labute approximate surface area is 131 Å². The number of carbonyl (C=O) groups is 1. The summed E-state index contributed by atoms with van der Waals surface area (Å²) in [4.78, 5) is 16.7. The van der Waals surface area contributed by atoms with Crippen molar-refractivity contribution in [2.45, 2.75) is 0 Å². The second-order valence-electron chi connectivity index (χ2n) is 4.30. The number of nitrogen functional groups attached to an aromatic ring is 1. The summed E-state index contributed by atoms with van der Waals surface area (Å²) in [5.74, 6) is -0.715. The molecule has 3 rings (SSSR count). The Morgan fingerprint density at radius 3 is 2.90 bits per heavy atom. The lowest BCUT2D eigenvalue weighted by Gasteiger charge is -2.05. The van der Waals surface area contributed by atoms with Crippen molar-refractivity contribution < 1.29 is 9.18 Å². The fourth-order valence-corrected chi connectivity index (χ4v) is 3.27. The molecule has 0 aliphatic carbocycles. The molecule has 0 bridgehead atoms. The van der Waals surface area contributed by atoms with Gasteiger partial charge < -0.3 is 11.1 Å². The molecule has 3 N–H and O–H groups in total. The third kappa shape index (κ3) is 2.62. The van der Waals surface area contributed by atoms with E-state index in [2.05, 4.69) is 26.2 Å². The summed E-state index contributed by atoms with van der Waals surface area (Å²) in [5.41, 5.74) is 6.92. The van der Waals surface area contributed by atoms with Gasteiger partial charge >= 0.3 is 0 Å². The number of halogens is 2. The number of fused-ring (bicyclic) bond motifs is 1. The maximum Gasteiger partial charge on any atom is 0.267 e. The van der Waals surface area contributed by atoms with E-state index in [1.165, 1.54) is 29.5 Å². The first-order valence-corrected chi connectivity index (χ1v) is 7.55. The van der Waals surface area contributed by atoms with Gasteiger partial charge in [-0.05, 0) is 40.2 Å². The molecular weight excluding hydrogens is 357 g/mol. The molecule has 1 aromatic carbocycles. The van der Waals surface area contributed by atoms with E-state index in [1.807, 2.05) is 0 Å². The molecule has 1 amide bonds. The number of aromatic nitrogens is 1. The molecule has 21 heavy (non-hydrogen) atoms. The van der Waals surface area contributed by atoms with Crippen LogP contribution in [0.5, 0.6) is 0 Å². The molecule has 0 saturated heterocycles. The van der Waals surface area contributed by atoms with Gasteiger partial charge in [-0.1, -0.05) is 0 Å². The second kappa shape index (κ2) is 5.42. The van der Waals surface area contributed by atoms with Gasteiger partial charge in [-0.15, -0.1) is 11.3 Å². The topological polar surface area (TPSA) is 68.0 Å². The highest BCUT2D eigenvalue weighted by Gasteiger charge is 2.16. The molecule has 2 heterocycles. The van der Waals surface area contributed by atoms with Crippen LogP contribution in [0, 0.1) is 5.82 Å². The van der Waals surface area contributed by atoms with Crippen LogP contribution in [0.15, 0.2) is 41.1 Å². The summed E-state index contributed by atoms with van der Waals surface area (Å²) in [6, 6.07) is 6.03. The van der Waals surface area contributed by atoms with E-state index in [9.17, 15) is 9.18 Å². The van der Waals surface area contributed by atoms with Crippen molar-refractivity contribution in [2.24, 2.45) is 0 Å². The summed E-state index contributed by atoms with van der Waals surface area (Å²) >= 11 is 4.35. The predicted molar refractivity (Wildman–Crippen MR) is 86.1 cm³/mol. The third-order valence-electron chi connectivity index (χ3n) is 2.92. The maximum absolute atomic E-state index is 13.2. The quantitative estimate of drug-likeness (QED) is 0.720. The minimum atomic E-state index is -0.388. The number of hydrogen-bond donors (Lipinski definition) is 2. The Balaban J connectivity index is 1.93. The third-order valence-corrected chi connectivity index (χ3v) is 4.68. The molecule has 106 valence electrons. The number of nitrogens with one attached hydrogen (secondary N) is 1. The largest absolute Gasteiger partial charge is 0.397 e. The van der Waals surface area contributed by atoms with E-state index < -0.39 is 0 Å². The molecule has 0 unspecified atom stereocenters. The summed E-state index contributed by atoms with van der Waals surface area (Å²) in [6.07, 6.45) is 3.30. The van der Waals surface area contributed by atoms with E-state index in [4.69, 9.17) is 5.73 Å². The zero-order valence-electron chi connectivity index (χ0n) is 10.6. The minimum absolute atomic E-state index is 0.286. The molecule has 0 atom stereocenters. The average Bonchev–Trinajstić information content (AvgIpc) is 2.81. The van der Waals surface area contributed by atoms with Crippen molar-refractivity contribution in [1.29, 1.82) is 0 Å². The lowest BCUT2D eigenvalue weighted by atomic mass is 10.2. The Morgan fingerprint density at radius 2 is 2.19 bits per heavy atom. The number of thiophene rings is 1. The van der Waals surface area contributed by atoms with Crippen LogP contribution < -0.4 is 11.1 Å². The Kier molecular flexibility index (Phi) is 3.60. The van der Waals surface area contributed by atoms with Gasteiger partial charge in [0.05, 0.1) is 14.9 Å². The van der Waals surface area contributed by atoms with Crippen LogP contribution in [0.4, 0.5) is 15.8 Å². The van der Waals surface area contributed by atoms with Crippen molar-refractivity contribution >= 4 is 54.6 Å². The molecule has 7 heteroatoms. The van der Waals surface area contributed by atoms with Crippen molar-refractivity contribution in [1.82, 2.24) is 4.98 Å². The number of nitrogens with zero attached hydrogens (tertiary/aromatic N) is 1. The number of pyridine rings is 1. The summed E-state index contributed by atoms with van der Waals surface area (Å²) in [6.45, 7) is 0. The summed E-state index contributed by atoms with van der Waals surface area (Å²) < 4.78 is 14.3. The SMILES string of the molecule is Nc1c(C(=O)Nc2ccc(F)c(Br)c2)sc2cnccc12. The van der Waals surface area contributed by atoms with Crippen molar-refractivity contribution in [2.75, 3.05) is 11.1 Å². The van der Waals surface area contributed by atoms with Crippen LogP contribution in [0.2, 0.25) is 0 Å². The molecule has 0 saturated carbocycles. The van der Waals surface area contributed by atoms with Gasteiger partial charge in [0.1, 0.15) is 10.7 Å². The lowest BCUT2D eigenvalue weighted by Crippen LogP contribution is -2.12. The van der Waals surface area contributed by atoms with Crippen LogP contribution in [0.1, 0.15) is 9.67 Å². The first-order valence-electron chi connectivity index (χ1n) is 5.94. The molecule has 0 fully saturated rings.